The molecule has 1 aromatic rings. The summed E-state index contributed by atoms with van der Waals surface area (Å²) in [4.78, 5) is 25.5. The van der Waals surface area contributed by atoms with Gasteiger partial charge in [0.2, 0.25) is 5.91 Å². The van der Waals surface area contributed by atoms with Gasteiger partial charge in [-0.3, -0.25) is 9.59 Å². The monoisotopic (exact) mass is 229 g/mol. The van der Waals surface area contributed by atoms with Crippen LogP contribution in [0, 0.1) is 0 Å². The number of carboxylic acids is 1. The molecular formula is C8H11N3O3S. The van der Waals surface area contributed by atoms with E-state index in [9.17, 15) is 9.59 Å². The molecule has 0 aliphatic rings. The first-order valence-electron chi connectivity index (χ1n) is 4.23. The van der Waals surface area contributed by atoms with E-state index in [0.29, 0.717) is 6.54 Å². The highest BCUT2D eigenvalue weighted by molar-refractivity contribution is 7.09. The molecule has 1 rings (SSSR count). The van der Waals surface area contributed by atoms with Gasteiger partial charge in [-0.1, -0.05) is 0 Å². The third-order valence-electron chi connectivity index (χ3n) is 1.64. The van der Waals surface area contributed by atoms with Gasteiger partial charge in [0.15, 0.2) is 0 Å². The summed E-state index contributed by atoms with van der Waals surface area (Å²) in [5.41, 5.74) is 5.19. The molecule has 6 nitrogen and oxygen atoms in total. The SMILES string of the molecule is N[C@@H](CC(=O)NCc1nccs1)C(=O)O. The fourth-order valence-electron chi connectivity index (χ4n) is 0.874. The number of thiazole rings is 1. The first kappa shape index (κ1) is 11.6. The zero-order chi connectivity index (χ0) is 11.3. The van der Waals surface area contributed by atoms with Crippen LogP contribution in [0.3, 0.4) is 0 Å². The number of carbonyl (C=O) groups is 2. The Morgan fingerprint density at radius 2 is 2.40 bits per heavy atom. The summed E-state index contributed by atoms with van der Waals surface area (Å²) in [5.74, 6) is -1.57. The van der Waals surface area contributed by atoms with Gasteiger partial charge in [0, 0.05) is 11.6 Å². The van der Waals surface area contributed by atoms with E-state index in [-0.39, 0.29) is 12.3 Å². The van der Waals surface area contributed by atoms with Crippen molar-refractivity contribution in [3.63, 3.8) is 0 Å². The van der Waals surface area contributed by atoms with Crippen LogP contribution in [-0.4, -0.2) is 28.0 Å². The van der Waals surface area contributed by atoms with Crippen molar-refractivity contribution in [1.29, 1.82) is 0 Å². The molecule has 1 heterocycles. The predicted molar refractivity (Wildman–Crippen MR) is 54.2 cm³/mol. The van der Waals surface area contributed by atoms with E-state index < -0.39 is 12.0 Å². The Kier molecular flexibility index (Phi) is 4.19. The lowest BCUT2D eigenvalue weighted by atomic mass is 10.2. The van der Waals surface area contributed by atoms with Gasteiger partial charge in [-0.15, -0.1) is 11.3 Å². The lowest BCUT2D eigenvalue weighted by Crippen LogP contribution is -2.36. The summed E-state index contributed by atoms with van der Waals surface area (Å²) in [6, 6.07) is -1.15. The van der Waals surface area contributed by atoms with Crippen LogP contribution >= 0.6 is 11.3 Å². The van der Waals surface area contributed by atoms with Crippen LogP contribution in [0.5, 0.6) is 0 Å². The lowest BCUT2D eigenvalue weighted by Gasteiger charge is -2.06. The Morgan fingerprint density at radius 3 is 2.93 bits per heavy atom. The summed E-state index contributed by atoms with van der Waals surface area (Å²) < 4.78 is 0. The molecule has 0 saturated heterocycles. The van der Waals surface area contributed by atoms with Crippen molar-refractivity contribution in [2.24, 2.45) is 5.73 Å². The smallest absolute Gasteiger partial charge is 0.321 e. The number of hydrogen-bond acceptors (Lipinski definition) is 5. The number of hydrogen-bond donors (Lipinski definition) is 3. The van der Waals surface area contributed by atoms with Crippen molar-refractivity contribution in [2.45, 2.75) is 19.0 Å². The van der Waals surface area contributed by atoms with Gasteiger partial charge in [-0.05, 0) is 0 Å². The van der Waals surface area contributed by atoms with Gasteiger partial charge in [0.05, 0.1) is 13.0 Å². The molecule has 0 fully saturated rings. The van der Waals surface area contributed by atoms with Crippen LogP contribution < -0.4 is 11.1 Å². The van der Waals surface area contributed by atoms with E-state index in [0.717, 1.165) is 5.01 Å². The van der Waals surface area contributed by atoms with Crippen LogP contribution in [-0.2, 0) is 16.1 Å². The summed E-state index contributed by atoms with van der Waals surface area (Å²) in [5, 5.41) is 13.6. The average Bonchev–Trinajstić information content (AvgIpc) is 2.66. The molecule has 0 aliphatic carbocycles. The van der Waals surface area contributed by atoms with Crippen molar-refractivity contribution in [2.75, 3.05) is 0 Å². The average molecular weight is 229 g/mol. The van der Waals surface area contributed by atoms with Gasteiger partial charge in [-0.2, -0.15) is 0 Å². The lowest BCUT2D eigenvalue weighted by molar-refractivity contribution is -0.140. The Morgan fingerprint density at radius 1 is 1.67 bits per heavy atom. The minimum Gasteiger partial charge on any atom is -0.480 e. The number of aliphatic carboxylic acids is 1. The predicted octanol–water partition coefficient (Wildman–Crippen LogP) is -0.439. The van der Waals surface area contributed by atoms with E-state index in [1.54, 1.807) is 11.6 Å². The number of rotatable bonds is 5. The van der Waals surface area contributed by atoms with Gasteiger partial charge in [-0.25, -0.2) is 4.98 Å². The van der Waals surface area contributed by atoms with E-state index in [2.05, 4.69) is 10.3 Å². The molecule has 1 amide bonds. The zero-order valence-electron chi connectivity index (χ0n) is 7.84. The van der Waals surface area contributed by atoms with Crippen LogP contribution in [0.25, 0.3) is 0 Å². The first-order valence-corrected chi connectivity index (χ1v) is 5.11. The number of nitrogens with zero attached hydrogens (tertiary/aromatic N) is 1. The summed E-state index contributed by atoms with van der Waals surface area (Å²) in [6.45, 7) is 0.308. The quantitative estimate of drug-likeness (QED) is 0.635. The van der Waals surface area contributed by atoms with E-state index in [1.165, 1.54) is 11.3 Å². The number of aromatic nitrogens is 1. The maximum Gasteiger partial charge on any atom is 0.321 e. The highest BCUT2D eigenvalue weighted by Crippen LogP contribution is 2.02. The van der Waals surface area contributed by atoms with Crippen molar-refractivity contribution < 1.29 is 14.7 Å². The fraction of sp³-hybridized carbons (Fsp3) is 0.375. The molecule has 0 saturated carbocycles. The molecule has 0 aliphatic heterocycles. The molecule has 82 valence electrons. The number of amides is 1. The highest BCUT2D eigenvalue weighted by Gasteiger charge is 2.15. The van der Waals surface area contributed by atoms with Crippen LogP contribution in [0.4, 0.5) is 0 Å². The maximum atomic E-state index is 11.2. The largest absolute Gasteiger partial charge is 0.480 e. The van der Waals surface area contributed by atoms with Gasteiger partial charge < -0.3 is 16.2 Å². The van der Waals surface area contributed by atoms with Crippen molar-refractivity contribution in [1.82, 2.24) is 10.3 Å². The Hall–Kier alpha value is -1.47. The summed E-state index contributed by atoms with van der Waals surface area (Å²) >= 11 is 1.42. The Balaban J connectivity index is 2.28. The molecule has 4 N–H and O–H groups in total. The molecule has 0 unspecified atom stereocenters. The molecule has 0 bridgehead atoms. The van der Waals surface area contributed by atoms with Crippen LogP contribution in [0.1, 0.15) is 11.4 Å². The van der Waals surface area contributed by atoms with Crippen molar-refractivity contribution in [3.8, 4) is 0 Å². The number of carbonyl (C=O) groups excluding carboxylic acids is 1. The second kappa shape index (κ2) is 5.42. The molecule has 0 radical (unpaired) electrons. The zero-order valence-corrected chi connectivity index (χ0v) is 8.66. The summed E-state index contributed by atoms with van der Waals surface area (Å²) in [7, 11) is 0. The van der Waals surface area contributed by atoms with E-state index in [1.807, 2.05) is 0 Å². The van der Waals surface area contributed by atoms with Gasteiger partial charge >= 0.3 is 5.97 Å². The molecule has 7 heteroatoms. The van der Waals surface area contributed by atoms with Crippen LogP contribution in [0.15, 0.2) is 11.6 Å². The molecule has 0 aromatic carbocycles. The highest BCUT2D eigenvalue weighted by atomic mass is 32.1. The second-order valence-electron chi connectivity index (χ2n) is 2.85. The number of nitrogens with two attached hydrogens (primary N) is 1. The van der Waals surface area contributed by atoms with Crippen LogP contribution in [0.2, 0.25) is 0 Å². The minimum atomic E-state index is -1.18. The van der Waals surface area contributed by atoms with E-state index in [4.69, 9.17) is 10.8 Å². The first-order chi connectivity index (χ1) is 7.09. The Labute approximate surface area is 90.1 Å². The molecule has 1 atom stereocenters. The third-order valence-corrected chi connectivity index (χ3v) is 2.42. The van der Waals surface area contributed by atoms with Gasteiger partial charge in [0.25, 0.3) is 0 Å². The third kappa shape index (κ3) is 4.05. The minimum absolute atomic E-state index is 0.222. The molecule has 1 aromatic heterocycles. The van der Waals surface area contributed by atoms with Crippen molar-refractivity contribution >= 4 is 23.2 Å². The fourth-order valence-corrected chi connectivity index (χ4v) is 1.43. The molecule has 15 heavy (non-hydrogen) atoms. The standard InChI is InChI=1S/C8H11N3O3S/c9-5(8(13)14)3-6(12)11-4-7-10-1-2-15-7/h1-2,5H,3-4,9H2,(H,11,12)(H,13,14)/t5-/m0/s1. The normalized spacial score (nSPS) is 12.1. The topological polar surface area (TPSA) is 105 Å². The Bertz CT molecular complexity index is 339. The van der Waals surface area contributed by atoms with Gasteiger partial charge in [0.1, 0.15) is 11.0 Å². The second-order valence-corrected chi connectivity index (χ2v) is 3.83. The summed E-state index contributed by atoms with van der Waals surface area (Å²) in [6.07, 6.45) is 1.41. The molecule has 0 spiro atoms. The van der Waals surface area contributed by atoms with E-state index >= 15 is 0 Å². The van der Waals surface area contributed by atoms with Crippen molar-refractivity contribution in [3.05, 3.63) is 16.6 Å². The molecular weight excluding hydrogens is 218 g/mol. The number of nitrogens with one attached hydrogen (secondary N) is 1. The maximum absolute atomic E-state index is 11.2. The number of carboxylic acid groups (broad SMARTS) is 1.